The number of hydrogen-bond acceptors (Lipinski definition) is 4. The normalized spacial score (nSPS) is 12.9. The summed E-state index contributed by atoms with van der Waals surface area (Å²) in [5.74, 6) is -4.03. The van der Waals surface area contributed by atoms with Gasteiger partial charge in [0.15, 0.2) is 0 Å². The Kier molecular flexibility index (Phi) is 19.9. The summed E-state index contributed by atoms with van der Waals surface area (Å²) in [6.07, 6.45) is -0.503. The van der Waals surface area contributed by atoms with Gasteiger partial charge >= 0.3 is 24.2 Å². The molecule has 0 atom stereocenters. The third-order valence-corrected chi connectivity index (χ3v) is 10.8. The van der Waals surface area contributed by atoms with Crippen molar-refractivity contribution in [3.63, 3.8) is 0 Å². The molecule has 10 nitrogen and oxygen atoms in total. The maximum atomic E-state index is 13.1. The summed E-state index contributed by atoms with van der Waals surface area (Å²) in [6.45, 7) is 1.56. The van der Waals surface area contributed by atoms with Gasteiger partial charge in [-0.15, -0.1) is 0 Å². The molecular weight excluding hydrogens is 1030 g/mol. The molecule has 4 aromatic carbocycles. The van der Waals surface area contributed by atoms with Crippen molar-refractivity contribution in [3.05, 3.63) is 159 Å². The standard InChI is InChI=1S/C22H19F4N3O.C11H10BFN2.C11H9BrF3NO.2H2O.Pd/c23-19-5-1-15(2-6-19)7-9-29-14-27-12-20(29)17-3-4-18-13-28(10-8-16(18)11-17)21(30)22(24,25)26;12-11-7-14-8-15(11)6-5-9-1-3-10(13)4-2-9;12-9-2-1-8-6-16(4-3-7(8)5-9)10(17)11(13,14)15;;;/h1-6,11-12,14H,7-10,13H2;1-4,7-8H,5-6H2;1-2,5H,3-4,6H2;2*1H2;. The van der Waals surface area contributed by atoms with E-state index in [1.165, 1.54) is 24.3 Å². The van der Waals surface area contributed by atoms with Crippen molar-refractivity contribution >= 4 is 41.2 Å². The molecule has 4 heterocycles. The number of imidazole rings is 2. The number of fused-ring (bicyclic) bond motifs is 2. The predicted molar refractivity (Wildman–Crippen MR) is 227 cm³/mol. The maximum absolute atomic E-state index is 13.1. The van der Waals surface area contributed by atoms with Crippen LogP contribution < -0.4 is 5.59 Å². The summed E-state index contributed by atoms with van der Waals surface area (Å²) in [6, 6.07) is 23.8. The Morgan fingerprint density at radius 3 is 1.54 bits per heavy atom. The molecule has 0 fully saturated rings. The molecule has 21 heteroatoms. The first-order chi connectivity index (χ1) is 29.4. The van der Waals surface area contributed by atoms with Crippen LogP contribution in [0.5, 0.6) is 0 Å². The van der Waals surface area contributed by atoms with E-state index < -0.39 is 24.2 Å². The van der Waals surface area contributed by atoms with Crippen LogP contribution in [-0.2, 0) is 81.9 Å². The molecule has 4 N–H and O–H groups in total. The van der Waals surface area contributed by atoms with Gasteiger partial charge in [0.2, 0.25) is 0 Å². The first-order valence-electron chi connectivity index (χ1n) is 19.3. The second-order valence-electron chi connectivity index (χ2n) is 14.6. The molecule has 0 unspecified atom stereocenters. The second-order valence-corrected chi connectivity index (χ2v) is 15.5. The van der Waals surface area contributed by atoms with Crippen LogP contribution in [0.2, 0.25) is 0 Å². The molecule has 8 rings (SSSR count). The van der Waals surface area contributed by atoms with E-state index in [1.54, 1.807) is 67.5 Å². The number of aryl methyl sites for hydroxylation is 4. The Morgan fingerprint density at radius 2 is 1.06 bits per heavy atom. The third-order valence-electron chi connectivity index (χ3n) is 10.3. The van der Waals surface area contributed by atoms with Crippen molar-refractivity contribution in [1.82, 2.24) is 28.9 Å². The van der Waals surface area contributed by atoms with Gasteiger partial charge in [-0.25, -0.2) is 18.7 Å². The van der Waals surface area contributed by atoms with Gasteiger partial charge < -0.3 is 29.9 Å². The molecule has 0 saturated carbocycles. The molecule has 2 amide bonds. The Morgan fingerprint density at radius 1 is 0.615 bits per heavy atom. The zero-order valence-electron chi connectivity index (χ0n) is 34.3. The monoisotopic (exact) mass is 1070 g/mol. The first-order valence-corrected chi connectivity index (χ1v) is 20.1. The van der Waals surface area contributed by atoms with Crippen LogP contribution in [0.3, 0.4) is 0 Å². The number of rotatable bonds is 7. The van der Waals surface area contributed by atoms with E-state index in [0.29, 0.717) is 31.4 Å². The largest absolute Gasteiger partial charge is 0.471 e. The van der Waals surface area contributed by atoms with Crippen LogP contribution in [0, 0.1) is 11.6 Å². The van der Waals surface area contributed by atoms with Gasteiger partial charge in [0.05, 0.1) is 24.5 Å². The minimum absolute atomic E-state index is 0. The average Bonchev–Trinajstić information content (AvgIpc) is 3.90. The molecule has 0 bridgehead atoms. The SMILES string of the molecule is O.O.O=C(N1CCc2cc(-c3cncn3CCc3ccc(F)cc3)ccc2C1)C(F)(F)F.O=C(N1CCc2cc(Br)ccc2C1)C(F)(F)F.[B]c1cncn1CCc1ccc(F)cc1.[Pd]. The second kappa shape index (κ2) is 23.8. The summed E-state index contributed by atoms with van der Waals surface area (Å²) in [5, 5.41) is 0. The molecule has 6 aromatic rings. The van der Waals surface area contributed by atoms with E-state index in [1.807, 2.05) is 27.3 Å². The van der Waals surface area contributed by atoms with E-state index in [2.05, 4.69) is 25.9 Å². The van der Waals surface area contributed by atoms with E-state index in [4.69, 9.17) is 7.85 Å². The third kappa shape index (κ3) is 14.9. The average molecular weight is 1070 g/mol. The number of halogens is 9. The van der Waals surface area contributed by atoms with Crippen LogP contribution in [0.4, 0.5) is 35.1 Å². The van der Waals surface area contributed by atoms with Gasteiger partial charge in [0.25, 0.3) is 0 Å². The van der Waals surface area contributed by atoms with Crippen LogP contribution in [0.25, 0.3) is 11.3 Å². The molecule has 2 aliphatic rings. The zero-order chi connectivity index (χ0) is 44.6. The number of carbonyl (C=O) groups is 2. The Hall–Kier alpha value is -5.19. The number of carbonyl (C=O) groups excluding carboxylic acids is 2. The fraction of sp³-hybridized carbons (Fsp3) is 0.273. The van der Waals surface area contributed by atoms with E-state index in [0.717, 1.165) is 71.9 Å². The Bertz CT molecular complexity index is 2490. The Balaban J connectivity index is 0.000000274. The molecule has 0 spiro atoms. The molecule has 0 aliphatic carbocycles. The predicted octanol–water partition coefficient (Wildman–Crippen LogP) is 6.68. The van der Waals surface area contributed by atoms with Gasteiger partial charge in [0.1, 0.15) is 19.5 Å². The molecule has 0 saturated heterocycles. The first kappa shape index (κ1) is 54.1. The number of aromatic nitrogens is 4. The summed E-state index contributed by atoms with van der Waals surface area (Å²) in [4.78, 5) is 32.4. The fourth-order valence-corrected chi connectivity index (χ4v) is 7.41. The van der Waals surface area contributed by atoms with Crippen LogP contribution in [0.1, 0.15) is 33.4 Å². The number of nitrogens with zero attached hydrogens (tertiary/aromatic N) is 6. The van der Waals surface area contributed by atoms with Crippen LogP contribution in [-0.4, -0.2) is 85.0 Å². The summed E-state index contributed by atoms with van der Waals surface area (Å²) < 4.78 is 105. The number of alkyl halides is 6. The minimum Gasteiger partial charge on any atom is -0.412 e. The van der Waals surface area contributed by atoms with Gasteiger partial charge in [-0.2, -0.15) is 26.3 Å². The maximum Gasteiger partial charge on any atom is 0.471 e. The van der Waals surface area contributed by atoms with Crippen molar-refractivity contribution in [1.29, 1.82) is 0 Å². The summed E-state index contributed by atoms with van der Waals surface area (Å²) in [5.41, 5.74) is 7.99. The van der Waals surface area contributed by atoms with Gasteiger partial charge in [-0.1, -0.05) is 58.4 Å². The number of hydrogen-bond donors (Lipinski definition) is 0. The van der Waals surface area contributed by atoms with Crippen molar-refractivity contribution in [3.8, 4) is 11.3 Å². The molecule has 2 radical (unpaired) electrons. The summed E-state index contributed by atoms with van der Waals surface area (Å²) in [7, 11) is 5.67. The van der Waals surface area contributed by atoms with Crippen LogP contribution >= 0.6 is 15.9 Å². The van der Waals surface area contributed by atoms with Crippen molar-refractivity contribution in [2.24, 2.45) is 0 Å². The van der Waals surface area contributed by atoms with Crippen molar-refractivity contribution in [2.75, 3.05) is 13.1 Å². The van der Waals surface area contributed by atoms with Crippen molar-refractivity contribution < 1.29 is 76.1 Å². The van der Waals surface area contributed by atoms with E-state index in [9.17, 15) is 44.7 Å². The minimum atomic E-state index is -4.85. The van der Waals surface area contributed by atoms with Crippen molar-refractivity contribution in [2.45, 2.75) is 64.2 Å². The molecule has 2 aliphatic heterocycles. The smallest absolute Gasteiger partial charge is 0.412 e. The van der Waals surface area contributed by atoms with E-state index >= 15 is 0 Å². The topological polar surface area (TPSA) is 139 Å². The zero-order valence-corrected chi connectivity index (χ0v) is 37.4. The number of amides is 2. The van der Waals surface area contributed by atoms with Gasteiger partial charge in [-0.05, 0) is 107 Å². The molecule has 2 aromatic heterocycles. The fourth-order valence-electron chi connectivity index (χ4n) is 7.00. The summed E-state index contributed by atoms with van der Waals surface area (Å²) >= 11 is 3.31. The molecular formula is C44H42BBrF8N6O4Pd. The molecule has 65 heavy (non-hydrogen) atoms. The van der Waals surface area contributed by atoms with Crippen LogP contribution in [0.15, 0.2) is 114 Å². The van der Waals surface area contributed by atoms with Gasteiger partial charge in [0, 0.05) is 75.9 Å². The number of benzene rings is 4. The van der Waals surface area contributed by atoms with Gasteiger partial charge in [-0.3, -0.25) is 9.59 Å². The Labute approximate surface area is 392 Å². The quantitative estimate of drug-likeness (QED) is 0.130. The van der Waals surface area contributed by atoms with E-state index in [-0.39, 0.29) is 69.2 Å². The molecule has 348 valence electrons.